The van der Waals surface area contributed by atoms with Crippen molar-refractivity contribution in [1.29, 1.82) is 0 Å². The van der Waals surface area contributed by atoms with Crippen LogP contribution in [0, 0.1) is 19.3 Å². The first-order valence-electron chi connectivity index (χ1n) is 10.3. The van der Waals surface area contributed by atoms with Crippen molar-refractivity contribution in [2.75, 3.05) is 26.1 Å². The van der Waals surface area contributed by atoms with E-state index in [2.05, 4.69) is 6.07 Å². The van der Waals surface area contributed by atoms with Gasteiger partial charge in [0, 0.05) is 19.0 Å². The Morgan fingerprint density at radius 3 is 2.52 bits per heavy atom. The molecule has 1 fully saturated rings. The highest BCUT2D eigenvalue weighted by molar-refractivity contribution is 7.99. The predicted molar refractivity (Wildman–Crippen MR) is 122 cm³/mol. The van der Waals surface area contributed by atoms with Crippen molar-refractivity contribution in [3.8, 4) is 5.69 Å². The van der Waals surface area contributed by atoms with E-state index in [9.17, 15) is 9.59 Å². The third-order valence-electron chi connectivity index (χ3n) is 5.76. The van der Waals surface area contributed by atoms with Crippen molar-refractivity contribution in [3.05, 3.63) is 63.9 Å². The normalized spacial score (nSPS) is 15.7. The Bertz CT molecular complexity index is 1160. The SMILES string of the molecule is COC(=O)C1(CSc2nc3ccccc3c(=O)n2-c2cc(C)cc(C)c2)CCOCC1. The number of hydrogen-bond donors (Lipinski definition) is 0. The van der Waals surface area contributed by atoms with Crippen LogP contribution in [-0.4, -0.2) is 41.6 Å². The molecule has 2 heterocycles. The minimum Gasteiger partial charge on any atom is -0.469 e. The molecule has 3 aromatic rings. The third kappa shape index (κ3) is 4.25. The van der Waals surface area contributed by atoms with Gasteiger partial charge in [0.1, 0.15) is 0 Å². The first kappa shape index (κ1) is 21.6. The molecule has 0 saturated carbocycles. The number of para-hydroxylation sites is 1. The first-order chi connectivity index (χ1) is 14.9. The van der Waals surface area contributed by atoms with Gasteiger partial charge in [0.25, 0.3) is 5.56 Å². The topological polar surface area (TPSA) is 70.4 Å². The summed E-state index contributed by atoms with van der Waals surface area (Å²) in [4.78, 5) is 31.0. The van der Waals surface area contributed by atoms with Crippen molar-refractivity contribution >= 4 is 28.6 Å². The molecule has 0 aliphatic carbocycles. The van der Waals surface area contributed by atoms with E-state index in [4.69, 9.17) is 14.5 Å². The van der Waals surface area contributed by atoms with Crippen LogP contribution in [0.1, 0.15) is 24.0 Å². The van der Waals surface area contributed by atoms with Gasteiger partial charge in [-0.05, 0) is 62.1 Å². The van der Waals surface area contributed by atoms with Gasteiger partial charge < -0.3 is 9.47 Å². The predicted octanol–water partition coefficient (Wildman–Crippen LogP) is 4.06. The Labute approximate surface area is 185 Å². The number of ether oxygens (including phenoxy) is 2. The summed E-state index contributed by atoms with van der Waals surface area (Å²) in [6.45, 7) is 5.06. The molecule has 1 aliphatic rings. The zero-order valence-corrected chi connectivity index (χ0v) is 18.8. The molecule has 1 aromatic heterocycles. The average Bonchev–Trinajstić information content (AvgIpc) is 2.77. The number of esters is 1. The number of benzene rings is 2. The highest BCUT2D eigenvalue weighted by Crippen LogP contribution is 2.38. The van der Waals surface area contributed by atoms with Gasteiger partial charge in [-0.15, -0.1) is 0 Å². The molecule has 0 N–H and O–H groups in total. The summed E-state index contributed by atoms with van der Waals surface area (Å²) in [5.74, 6) is 0.239. The fourth-order valence-corrected chi connectivity index (χ4v) is 5.40. The summed E-state index contributed by atoms with van der Waals surface area (Å²) in [7, 11) is 1.42. The summed E-state index contributed by atoms with van der Waals surface area (Å²) in [5, 5.41) is 1.14. The highest BCUT2D eigenvalue weighted by Gasteiger charge is 2.41. The molecule has 0 radical (unpaired) electrons. The fourth-order valence-electron chi connectivity index (χ4n) is 4.11. The number of methoxy groups -OCH3 is 1. The standard InChI is InChI=1S/C24H26N2O4S/c1-16-12-17(2)14-18(13-16)26-21(27)19-6-4-5-7-20(19)25-23(26)31-15-24(22(28)29-3)8-10-30-11-9-24/h4-7,12-14H,8-11,15H2,1-3H3. The fraction of sp³-hybridized carbons (Fsp3) is 0.375. The quantitative estimate of drug-likeness (QED) is 0.340. The molecular weight excluding hydrogens is 412 g/mol. The minimum absolute atomic E-state index is 0.114. The van der Waals surface area contributed by atoms with Crippen LogP contribution in [0.5, 0.6) is 0 Å². The number of thioether (sulfide) groups is 1. The molecule has 1 saturated heterocycles. The van der Waals surface area contributed by atoms with E-state index in [1.807, 2.05) is 44.2 Å². The molecule has 0 amide bonds. The van der Waals surface area contributed by atoms with E-state index in [1.54, 1.807) is 10.6 Å². The zero-order valence-electron chi connectivity index (χ0n) is 18.0. The number of aryl methyl sites for hydroxylation is 2. The Kier molecular flexibility index (Phi) is 6.16. The van der Waals surface area contributed by atoms with Crippen LogP contribution in [0.2, 0.25) is 0 Å². The second-order valence-corrected chi connectivity index (χ2v) is 9.01. The maximum atomic E-state index is 13.5. The number of hydrogen-bond acceptors (Lipinski definition) is 6. The number of rotatable bonds is 5. The van der Waals surface area contributed by atoms with E-state index in [-0.39, 0.29) is 11.5 Å². The molecular formula is C24H26N2O4S. The lowest BCUT2D eigenvalue weighted by molar-refractivity contribution is -0.156. The monoisotopic (exact) mass is 438 g/mol. The van der Waals surface area contributed by atoms with Crippen LogP contribution in [0.25, 0.3) is 16.6 Å². The van der Waals surface area contributed by atoms with Gasteiger partial charge in [-0.1, -0.05) is 30.0 Å². The minimum atomic E-state index is -0.644. The Balaban J connectivity index is 1.82. The Morgan fingerprint density at radius 2 is 1.84 bits per heavy atom. The van der Waals surface area contributed by atoms with Crippen LogP contribution in [-0.2, 0) is 14.3 Å². The summed E-state index contributed by atoms with van der Waals surface area (Å²) >= 11 is 1.43. The van der Waals surface area contributed by atoms with E-state index in [1.165, 1.54) is 18.9 Å². The summed E-state index contributed by atoms with van der Waals surface area (Å²) < 4.78 is 12.3. The van der Waals surface area contributed by atoms with E-state index in [0.717, 1.165) is 16.8 Å². The number of carbonyl (C=O) groups excluding carboxylic acids is 1. The van der Waals surface area contributed by atoms with Crippen molar-refractivity contribution in [2.24, 2.45) is 5.41 Å². The van der Waals surface area contributed by atoms with Crippen LogP contribution in [0.3, 0.4) is 0 Å². The lowest BCUT2D eigenvalue weighted by Crippen LogP contribution is -2.40. The number of carbonyl (C=O) groups is 1. The van der Waals surface area contributed by atoms with Crippen molar-refractivity contribution in [2.45, 2.75) is 31.8 Å². The molecule has 162 valence electrons. The molecule has 0 unspecified atom stereocenters. The molecule has 7 heteroatoms. The largest absolute Gasteiger partial charge is 0.469 e. The molecule has 0 atom stereocenters. The maximum absolute atomic E-state index is 13.5. The van der Waals surface area contributed by atoms with Gasteiger partial charge in [-0.3, -0.25) is 14.2 Å². The van der Waals surface area contributed by atoms with Crippen molar-refractivity contribution in [3.63, 3.8) is 0 Å². The lowest BCUT2D eigenvalue weighted by atomic mass is 9.82. The van der Waals surface area contributed by atoms with E-state index < -0.39 is 5.41 Å². The van der Waals surface area contributed by atoms with Gasteiger partial charge in [0.2, 0.25) is 0 Å². The Hall–Kier alpha value is -2.64. The molecule has 1 aliphatic heterocycles. The molecule has 6 nitrogen and oxygen atoms in total. The Morgan fingerprint density at radius 1 is 1.16 bits per heavy atom. The van der Waals surface area contributed by atoms with Gasteiger partial charge in [-0.2, -0.15) is 0 Å². The van der Waals surface area contributed by atoms with Gasteiger partial charge in [0.05, 0.1) is 29.1 Å². The number of aromatic nitrogens is 2. The molecule has 31 heavy (non-hydrogen) atoms. The zero-order chi connectivity index (χ0) is 22.0. The van der Waals surface area contributed by atoms with Crippen molar-refractivity contribution < 1.29 is 14.3 Å². The lowest BCUT2D eigenvalue weighted by Gasteiger charge is -2.34. The van der Waals surface area contributed by atoms with E-state index >= 15 is 0 Å². The van der Waals surface area contributed by atoms with Crippen LogP contribution in [0.4, 0.5) is 0 Å². The second-order valence-electron chi connectivity index (χ2n) is 8.07. The van der Waals surface area contributed by atoms with Gasteiger partial charge >= 0.3 is 5.97 Å². The number of nitrogens with zero attached hydrogens (tertiary/aromatic N) is 2. The molecule has 0 spiro atoms. The van der Waals surface area contributed by atoms with Gasteiger partial charge in [0.15, 0.2) is 5.16 Å². The third-order valence-corrected chi connectivity index (χ3v) is 6.98. The summed E-state index contributed by atoms with van der Waals surface area (Å²) in [6.07, 6.45) is 1.18. The molecule has 0 bridgehead atoms. The van der Waals surface area contributed by atoms with Crippen LogP contribution >= 0.6 is 11.8 Å². The summed E-state index contributed by atoms with van der Waals surface area (Å²) in [5.41, 5.74) is 2.81. The summed E-state index contributed by atoms with van der Waals surface area (Å²) in [6, 6.07) is 13.4. The number of fused-ring (bicyclic) bond motifs is 1. The van der Waals surface area contributed by atoms with E-state index in [0.29, 0.717) is 47.9 Å². The van der Waals surface area contributed by atoms with Crippen molar-refractivity contribution in [1.82, 2.24) is 9.55 Å². The van der Waals surface area contributed by atoms with Crippen LogP contribution < -0.4 is 5.56 Å². The second kappa shape index (κ2) is 8.85. The smallest absolute Gasteiger partial charge is 0.312 e. The molecule has 4 rings (SSSR count). The molecule has 2 aromatic carbocycles. The van der Waals surface area contributed by atoms with Gasteiger partial charge in [-0.25, -0.2) is 4.98 Å². The average molecular weight is 439 g/mol. The maximum Gasteiger partial charge on any atom is 0.312 e. The highest BCUT2D eigenvalue weighted by atomic mass is 32.2. The van der Waals surface area contributed by atoms with Crippen LogP contribution in [0.15, 0.2) is 52.4 Å². The first-order valence-corrected chi connectivity index (χ1v) is 11.3.